The van der Waals surface area contributed by atoms with Crippen molar-refractivity contribution in [3.63, 3.8) is 0 Å². The standard InChI is InChI=1S/C13H14ClF3N2O/c14-9-5-8(13(15,16)17)6-11(7-9)19-12(20)3-4-18-10-1-2-10/h5-7,10,18H,1-4H2,(H,19,20). The van der Waals surface area contributed by atoms with Crippen LogP contribution in [-0.2, 0) is 11.0 Å². The summed E-state index contributed by atoms with van der Waals surface area (Å²) in [6, 6.07) is 3.48. The highest BCUT2D eigenvalue weighted by Crippen LogP contribution is 2.33. The Balaban J connectivity index is 1.93. The number of benzene rings is 1. The molecule has 0 atom stereocenters. The van der Waals surface area contributed by atoms with Crippen molar-refractivity contribution < 1.29 is 18.0 Å². The molecule has 1 fully saturated rings. The lowest BCUT2D eigenvalue weighted by atomic mass is 10.2. The number of hydrogen-bond donors (Lipinski definition) is 2. The molecule has 1 aliphatic carbocycles. The van der Waals surface area contributed by atoms with Gasteiger partial charge in [0.05, 0.1) is 5.56 Å². The highest BCUT2D eigenvalue weighted by atomic mass is 35.5. The molecule has 0 spiro atoms. The Morgan fingerprint density at radius 1 is 1.30 bits per heavy atom. The zero-order chi connectivity index (χ0) is 14.8. The van der Waals surface area contributed by atoms with Gasteiger partial charge in [-0.25, -0.2) is 0 Å². The van der Waals surface area contributed by atoms with Crippen LogP contribution in [0.1, 0.15) is 24.8 Å². The summed E-state index contributed by atoms with van der Waals surface area (Å²) in [5, 5.41) is 5.52. The molecule has 1 aromatic carbocycles. The monoisotopic (exact) mass is 306 g/mol. The van der Waals surface area contributed by atoms with Crippen molar-refractivity contribution in [2.24, 2.45) is 0 Å². The van der Waals surface area contributed by atoms with Crippen molar-refractivity contribution in [3.05, 3.63) is 28.8 Å². The van der Waals surface area contributed by atoms with Crippen LogP contribution in [0.15, 0.2) is 18.2 Å². The second-order valence-electron chi connectivity index (χ2n) is 4.75. The van der Waals surface area contributed by atoms with E-state index in [2.05, 4.69) is 10.6 Å². The van der Waals surface area contributed by atoms with Gasteiger partial charge in [-0.3, -0.25) is 4.79 Å². The van der Waals surface area contributed by atoms with Crippen molar-refractivity contribution in [1.29, 1.82) is 0 Å². The third-order valence-electron chi connectivity index (χ3n) is 2.87. The molecule has 2 N–H and O–H groups in total. The molecule has 3 nitrogen and oxygen atoms in total. The van der Waals surface area contributed by atoms with Crippen molar-refractivity contribution >= 4 is 23.2 Å². The van der Waals surface area contributed by atoms with Gasteiger partial charge in [0.2, 0.25) is 5.91 Å². The van der Waals surface area contributed by atoms with Crippen LogP contribution in [0.25, 0.3) is 0 Å². The van der Waals surface area contributed by atoms with Gasteiger partial charge < -0.3 is 10.6 Å². The molecule has 1 saturated carbocycles. The summed E-state index contributed by atoms with van der Waals surface area (Å²) in [5.74, 6) is -0.339. The van der Waals surface area contributed by atoms with E-state index in [0.29, 0.717) is 12.6 Å². The van der Waals surface area contributed by atoms with Crippen molar-refractivity contribution in [2.45, 2.75) is 31.5 Å². The van der Waals surface area contributed by atoms with Crippen LogP contribution in [0.2, 0.25) is 5.02 Å². The summed E-state index contributed by atoms with van der Waals surface area (Å²) >= 11 is 5.63. The molecule has 2 rings (SSSR count). The topological polar surface area (TPSA) is 41.1 Å². The van der Waals surface area contributed by atoms with Gasteiger partial charge in [-0.15, -0.1) is 0 Å². The number of nitrogens with one attached hydrogen (secondary N) is 2. The lowest BCUT2D eigenvalue weighted by Gasteiger charge is -2.11. The normalized spacial score (nSPS) is 15.2. The quantitative estimate of drug-likeness (QED) is 0.875. The molecular weight excluding hydrogens is 293 g/mol. The van der Waals surface area contributed by atoms with Crippen LogP contribution in [0, 0.1) is 0 Å². The van der Waals surface area contributed by atoms with Crippen LogP contribution >= 0.6 is 11.6 Å². The Kier molecular flexibility index (Phi) is 4.55. The molecule has 20 heavy (non-hydrogen) atoms. The van der Waals surface area contributed by atoms with Gasteiger partial charge in [-0.1, -0.05) is 11.6 Å². The molecule has 110 valence electrons. The minimum Gasteiger partial charge on any atom is -0.326 e. The van der Waals surface area contributed by atoms with Crippen LogP contribution in [0.4, 0.5) is 18.9 Å². The molecule has 1 aromatic rings. The first-order chi connectivity index (χ1) is 9.34. The molecular formula is C13H14ClF3N2O. The molecule has 0 bridgehead atoms. The number of carbonyl (C=O) groups excluding carboxylic acids is 1. The predicted molar refractivity (Wildman–Crippen MR) is 70.7 cm³/mol. The highest BCUT2D eigenvalue weighted by molar-refractivity contribution is 6.31. The molecule has 1 aliphatic rings. The second-order valence-corrected chi connectivity index (χ2v) is 5.19. The van der Waals surface area contributed by atoms with Crippen LogP contribution in [0.5, 0.6) is 0 Å². The number of halogens is 4. The Bertz CT molecular complexity index is 501. The Labute approximate surface area is 119 Å². The highest BCUT2D eigenvalue weighted by Gasteiger charge is 2.31. The lowest BCUT2D eigenvalue weighted by molar-refractivity contribution is -0.137. The van der Waals surface area contributed by atoms with Gasteiger partial charge in [0.1, 0.15) is 0 Å². The molecule has 0 aromatic heterocycles. The van der Waals surface area contributed by atoms with E-state index in [9.17, 15) is 18.0 Å². The Morgan fingerprint density at radius 3 is 2.60 bits per heavy atom. The molecule has 0 aliphatic heterocycles. The Hall–Kier alpha value is -1.27. The largest absolute Gasteiger partial charge is 0.416 e. The summed E-state index contributed by atoms with van der Waals surface area (Å²) in [5.41, 5.74) is -0.822. The minimum absolute atomic E-state index is 0.0567. The summed E-state index contributed by atoms with van der Waals surface area (Å²) < 4.78 is 37.8. The van der Waals surface area contributed by atoms with Crippen molar-refractivity contribution in [3.8, 4) is 0 Å². The molecule has 0 radical (unpaired) electrons. The maximum atomic E-state index is 12.6. The third-order valence-corrected chi connectivity index (χ3v) is 3.09. The van der Waals surface area contributed by atoms with E-state index < -0.39 is 11.7 Å². The fourth-order valence-electron chi connectivity index (χ4n) is 1.73. The SMILES string of the molecule is O=C(CCNC1CC1)Nc1cc(Cl)cc(C(F)(F)F)c1. The minimum atomic E-state index is -4.49. The van der Waals surface area contributed by atoms with Crippen molar-refractivity contribution in [2.75, 3.05) is 11.9 Å². The van der Waals surface area contributed by atoms with E-state index in [4.69, 9.17) is 11.6 Å². The number of hydrogen-bond acceptors (Lipinski definition) is 2. The van der Waals surface area contributed by atoms with E-state index in [-0.39, 0.29) is 23.0 Å². The maximum absolute atomic E-state index is 12.6. The van der Waals surface area contributed by atoms with Gasteiger partial charge in [-0.05, 0) is 31.0 Å². The van der Waals surface area contributed by atoms with Crippen molar-refractivity contribution in [1.82, 2.24) is 5.32 Å². The summed E-state index contributed by atoms with van der Waals surface area (Å²) in [4.78, 5) is 11.6. The second kappa shape index (κ2) is 6.01. The maximum Gasteiger partial charge on any atom is 0.416 e. The fourth-order valence-corrected chi connectivity index (χ4v) is 1.96. The zero-order valence-electron chi connectivity index (χ0n) is 10.6. The summed E-state index contributed by atoms with van der Waals surface area (Å²) in [6.45, 7) is 0.517. The van der Waals surface area contributed by atoms with E-state index in [1.54, 1.807) is 0 Å². The fraction of sp³-hybridized carbons (Fsp3) is 0.462. The van der Waals surface area contributed by atoms with E-state index in [0.717, 1.165) is 25.0 Å². The smallest absolute Gasteiger partial charge is 0.326 e. The number of amides is 1. The Morgan fingerprint density at radius 2 is 2.00 bits per heavy atom. The van der Waals surface area contributed by atoms with Crippen LogP contribution in [-0.4, -0.2) is 18.5 Å². The molecule has 0 unspecified atom stereocenters. The average molecular weight is 307 g/mol. The van der Waals surface area contributed by atoms with Crippen LogP contribution in [0.3, 0.4) is 0 Å². The molecule has 7 heteroatoms. The average Bonchev–Trinajstić information content (AvgIpc) is 3.11. The van der Waals surface area contributed by atoms with E-state index >= 15 is 0 Å². The molecule has 1 amide bonds. The number of carbonyl (C=O) groups is 1. The summed E-state index contributed by atoms with van der Waals surface area (Å²) in [6.07, 6.45) is -2.04. The predicted octanol–water partition coefficient (Wildman–Crippen LogP) is 3.44. The third kappa shape index (κ3) is 4.68. The van der Waals surface area contributed by atoms with Gasteiger partial charge in [0.25, 0.3) is 0 Å². The van der Waals surface area contributed by atoms with E-state index in [1.807, 2.05) is 0 Å². The lowest BCUT2D eigenvalue weighted by Crippen LogP contribution is -2.23. The number of anilines is 1. The first-order valence-electron chi connectivity index (χ1n) is 6.25. The number of alkyl halides is 3. The first-order valence-corrected chi connectivity index (χ1v) is 6.63. The number of rotatable bonds is 5. The van der Waals surface area contributed by atoms with E-state index in [1.165, 1.54) is 6.07 Å². The zero-order valence-corrected chi connectivity index (χ0v) is 11.3. The first kappa shape index (κ1) is 15.1. The molecule has 0 heterocycles. The van der Waals surface area contributed by atoms with Gasteiger partial charge >= 0.3 is 6.18 Å². The van der Waals surface area contributed by atoms with Gasteiger partial charge in [0.15, 0.2) is 0 Å². The van der Waals surface area contributed by atoms with Gasteiger partial charge in [0, 0.05) is 29.7 Å². The van der Waals surface area contributed by atoms with Gasteiger partial charge in [-0.2, -0.15) is 13.2 Å². The van der Waals surface area contributed by atoms with Crippen LogP contribution < -0.4 is 10.6 Å². The summed E-state index contributed by atoms with van der Waals surface area (Å²) in [7, 11) is 0. The molecule has 0 saturated heterocycles.